The zero-order valence-electron chi connectivity index (χ0n) is 24.9. The summed E-state index contributed by atoms with van der Waals surface area (Å²) in [6.07, 6.45) is 1.65. The zero-order chi connectivity index (χ0) is 33.1. The molecule has 1 aliphatic rings. The zero-order valence-corrected chi connectivity index (χ0v) is 25.7. The van der Waals surface area contributed by atoms with Gasteiger partial charge in [-0.3, -0.25) is 29.6 Å². The van der Waals surface area contributed by atoms with Crippen molar-refractivity contribution in [1.82, 2.24) is 4.57 Å². The second-order valence-electron chi connectivity index (χ2n) is 9.75. The number of carbonyl (C=O) groups is 1. The van der Waals surface area contributed by atoms with Crippen molar-refractivity contribution in [2.24, 2.45) is 4.99 Å². The van der Waals surface area contributed by atoms with Gasteiger partial charge in [0.25, 0.3) is 11.2 Å². The third kappa shape index (κ3) is 6.08. The van der Waals surface area contributed by atoms with Gasteiger partial charge in [0.1, 0.15) is 5.75 Å². The SMILES string of the molecule is CCOC(=O)C1=C(C)N=c2s/c(=C\c3ccc(Oc4ccc([N+](=O)[O-])cc4[N+](=O)[O-])cc3)c(=O)n2[C@H]1c1ccc(OC)c(OC)c1. The van der Waals surface area contributed by atoms with E-state index in [2.05, 4.69) is 4.99 Å². The van der Waals surface area contributed by atoms with E-state index in [1.807, 2.05) is 0 Å². The number of carbonyl (C=O) groups excluding carboxylic acids is 1. The van der Waals surface area contributed by atoms with E-state index >= 15 is 0 Å². The number of esters is 1. The Labute approximate surface area is 264 Å². The van der Waals surface area contributed by atoms with Crippen LogP contribution in [0.15, 0.2) is 81.7 Å². The van der Waals surface area contributed by atoms with Crippen molar-refractivity contribution in [2.75, 3.05) is 20.8 Å². The van der Waals surface area contributed by atoms with Crippen molar-refractivity contribution in [3.8, 4) is 23.0 Å². The third-order valence-electron chi connectivity index (χ3n) is 7.00. The first kappa shape index (κ1) is 31.6. The molecule has 1 atom stereocenters. The highest BCUT2D eigenvalue weighted by atomic mass is 32.1. The van der Waals surface area contributed by atoms with Gasteiger partial charge in [-0.1, -0.05) is 29.5 Å². The number of non-ortho nitro benzene ring substituents is 1. The smallest absolute Gasteiger partial charge is 0.338 e. The fraction of sp³-hybridized carbons (Fsp3) is 0.194. The predicted octanol–water partition coefficient (Wildman–Crippen LogP) is 4.42. The lowest BCUT2D eigenvalue weighted by Crippen LogP contribution is -2.39. The first-order valence-electron chi connectivity index (χ1n) is 13.7. The summed E-state index contributed by atoms with van der Waals surface area (Å²) in [5.74, 6) is 0.369. The summed E-state index contributed by atoms with van der Waals surface area (Å²) >= 11 is 1.14. The number of aromatic nitrogens is 1. The summed E-state index contributed by atoms with van der Waals surface area (Å²) in [5, 5.41) is 22.5. The van der Waals surface area contributed by atoms with Gasteiger partial charge in [-0.2, -0.15) is 0 Å². The Morgan fingerprint density at radius 1 is 0.978 bits per heavy atom. The number of ether oxygens (including phenoxy) is 4. The van der Waals surface area contributed by atoms with Crippen LogP contribution < -0.4 is 29.1 Å². The molecule has 46 heavy (non-hydrogen) atoms. The molecule has 0 saturated carbocycles. The van der Waals surface area contributed by atoms with Gasteiger partial charge < -0.3 is 18.9 Å². The maximum absolute atomic E-state index is 13.9. The average Bonchev–Trinajstić information content (AvgIpc) is 3.34. The van der Waals surface area contributed by atoms with Crippen molar-refractivity contribution < 1.29 is 33.6 Å². The van der Waals surface area contributed by atoms with Crippen molar-refractivity contribution in [2.45, 2.75) is 19.9 Å². The quantitative estimate of drug-likeness (QED) is 0.136. The van der Waals surface area contributed by atoms with Crippen LogP contribution in [0.25, 0.3) is 6.08 Å². The fourth-order valence-corrected chi connectivity index (χ4v) is 5.94. The van der Waals surface area contributed by atoms with Crippen LogP contribution in [0.4, 0.5) is 11.4 Å². The van der Waals surface area contributed by atoms with Gasteiger partial charge in [-0.25, -0.2) is 9.79 Å². The Balaban J connectivity index is 1.54. The number of thiazole rings is 1. The number of hydrogen-bond acceptors (Lipinski definition) is 12. The number of nitro benzene ring substituents is 2. The molecule has 5 rings (SSSR count). The standard InChI is InChI=1S/C31H26N4O10S/c1-5-44-30(37)27-17(2)32-31-33(28(27)19-8-12-24(42-3)25(15-19)43-4)29(36)26(46-31)14-18-6-10-21(11-7-18)45-23-13-9-20(34(38)39)16-22(23)35(40)41/h6-16,28H,5H2,1-4H3/b26-14-/t28-/m0/s1. The fourth-order valence-electron chi connectivity index (χ4n) is 4.89. The van der Waals surface area contributed by atoms with E-state index in [0.717, 1.165) is 29.5 Å². The molecule has 2 heterocycles. The number of rotatable bonds is 10. The van der Waals surface area contributed by atoms with Crippen LogP contribution in [-0.2, 0) is 9.53 Å². The minimum Gasteiger partial charge on any atom is -0.493 e. The first-order chi connectivity index (χ1) is 22.1. The molecule has 0 spiro atoms. The van der Waals surface area contributed by atoms with E-state index in [1.165, 1.54) is 18.8 Å². The Kier molecular flexibility index (Phi) is 8.95. The summed E-state index contributed by atoms with van der Waals surface area (Å²) in [7, 11) is 3.00. The summed E-state index contributed by atoms with van der Waals surface area (Å²) in [6.45, 7) is 3.51. The Hall–Kier alpha value is -5.83. The molecule has 0 amide bonds. The molecular formula is C31H26N4O10S. The molecule has 15 heteroatoms. The van der Waals surface area contributed by atoms with E-state index < -0.39 is 33.2 Å². The monoisotopic (exact) mass is 646 g/mol. The number of hydrogen-bond donors (Lipinski definition) is 0. The molecule has 0 radical (unpaired) electrons. The Morgan fingerprint density at radius 3 is 2.30 bits per heavy atom. The van der Waals surface area contributed by atoms with Crippen LogP contribution in [0.5, 0.6) is 23.0 Å². The summed E-state index contributed by atoms with van der Waals surface area (Å²) in [6, 6.07) is 13.8. The normalized spacial score (nSPS) is 14.3. The third-order valence-corrected chi connectivity index (χ3v) is 7.98. The molecule has 0 fully saturated rings. The van der Waals surface area contributed by atoms with Gasteiger partial charge in [0, 0.05) is 6.07 Å². The maximum Gasteiger partial charge on any atom is 0.338 e. The van der Waals surface area contributed by atoms with Gasteiger partial charge in [0.05, 0.1) is 58.6 Å². The van der Waals surface area contributed by atoms with Crippen LogP contribution in [0.1, 0.15) is 31.0 Å². The molecule has 1 aromatic heterocycles. The molecule has 1 aliphatic heterocycles. The first-order valence-corrected chi connectivity index (χ1v) is 14.5. The number of fused-ring (bicyclic) bond motifs is 1. The summed E-state index contributed by atoms with van der Waals surface area (Å²) in [5.41, 5.74) is 0.446. The van der Waals surface area contributed by atoms with Crippen LogP contribution in [-0.4, -0.2) is 41.2 Å². The highest BCUT2D eigenvalue weighted by Gasteiger charge is 2.34. The maximum atomic E-state index is 13.9. The van der Waals surface area contributed by atoms with Crippen molar-refractivity contribution in [1.29, 1.82) is 0 Å². The van der Waals surface area contributed by atoms with Crippen LogP contribution in [0.2, 0.25) is 0 Å². The molecule has 0 saturated heterocycles. The van der Waals surface area contributed by atoms with E-state index in [9.17, 15) is 29.8 Å². The van der Waals surface area contributed by atoms with Gasteiger partial charge in [0.2, 0.25) is 5.75 Å². The predicted molar refractivity (Wildman–Crippen MR) is 166 cm³/mol. The molecule has 4 aromatic rings. The lowest BCUT2D eigenvalue weighted by Gasteiger charge is -2.25. The summed E-state index contributed by atoms with van der Waals surface area (Å²) in [4.78, 5) is 53.0. The van der Waals surface area contributed by atoms with E-state index in [4.69, 9.17) is 18.9 Å². The molecule has 0 unspecified atom stereocenters. The molecule has 0 aliphatic carbocycles. The lowest BCUT2D eigenvalue weighted by molar-refractivity contribution is -0.394. The molecular weight excluding hydrogens is 620 g/mol. The van der Waals surface area contributed by atoms with Gasteiger partial charge in [0.15, 0.2) is 16.3 Å². The topological polar surface area (TPSA) is 175 Å². The largest absolute Gasteiger partial charge is 0.493 e. The number of nitrogens with zero attached hydrogens (tertiary/aromatic N) is 4. The number of methoxy groups -OCH3 is 2. The lowest BCUT2D eigenvalue weighted by atomic mass is 9.95. The number of allylic oxidation sites excluding steroid dienone is 1. The van der Waals surface area contributed by atoms with Crippen molar-refractivity contribution in [3.63, 3.8) is 0 Å². The second-order valence-corrected chi connectivity index (χ2v) is 10.8. The van der Waals surface area contributed by atoms with Gasteiger partial charge in [-0.15, -0.1) is 0 Å². The summed E-state index contributed by atoms with van der Waals surface area (Å²) < 4.78 is 23.6. The molecule has 14 nitrogen and oxygen atoms in total. The van der Waals surface area contributed by atoms with Crippen LogP contribution in [0, 0.1) is 20.2 Å². The van der Waals surface area contributed by atoms with Crippen molar-refractivity contribution in [3.05, 3.63) is 123 Å². The van der Waals surface area contributed by atoms with Crippen molar-refractivity contribution >= 4 is 34.8 Å². The highest BCUT2D eigenvalue weighted by Crippen LogP contribution is 2.37. The highest BCUT2D eigenvalue weighted by molar-refractivity contribution is 7.07. The molecule has 0 N–H and O–H groups in total. The minimum absolute atomic E-state index is 0.135. The number of benzene rings is 3. The molecule has 0 bridgehead atoms. The van der Waals surface area contributed by atoms with E-state index in [0.29, 0.717) is 37.7 Å². The number of nitro groups is 2. The average molecular weight is 647 g/mol. The second kappa shape index (κ2) is 13.0. The Bertz CT molecular complexity index is 2080. The van der Waals surface area contributed by atoms with E-state index in [1.54, 1.807) is 62.4 Å². The van der Waals surface area contributed by atoms with E-state index in [-0.39, 0.29) is 29.2 Å². The Morgan fingerprint density at radius 2 is 1.67 bits per heavy atom. The molecule has 236 valence electrons. The molecule has 3 aromatic carbocycles. The van der Waals surface area contributed by atoms with Gasteiger partial charge in [-0.05, 0) is 61.4 Å². The van der Waals surface area contributed by atoms with Gasteiger partial charge >= 0.3 is 11.7 Å². The van der Waals surface area contributed by atoms with Crippen LogP contribution in [0.3, 0.4) is 0 Å². The van der Waals surface area contributed by atoms with Crippen LogP contribution >= 0.6 is 11.3 Å². The minimum atomic E-state index is -0.856.